The minimum atomic E-state index is 0.257. The fraction of sp³-hybridized carbons (Fsp3) is 0.286. The van der Waals surface area contributed by atoms with Gasteiger partial charge in [-0.05, 0) is 18.6 Å². The zero-order chi connectivity index (χ0) is 15.1. The zero-order valence-corrected chi connectivity index (χ0v) is 12.0. The molecule has 0 bridgehead atoms. The molecule has 7 nitrogen and oxygen atoms in total. The lowest BCUT2D eigenvalue weighted by Crippen LogP contribution is -2.11. The highest BCUT2D eigenvalue weighted by Crippen LogP contribution is 2.37. The minimum Gasteiger partial charge on any atom is -0.490 e. The van der Waals surface area contributed by atoms with Gasteiger partial charge in [-0.25, -0.2) is 10.8 Å². The third kappa shape index (κ3) is 3.51. The number of benzene rings is 1. The molecule has 0 unspecified atom stereocenters. The van der Waals surface area contributed by atoms with E-state index in [1.165, 1.54) is 13.4 Å². The number of anilines is 1. The maximum absolute atomic E-state index is 5.77. The van der Waals surface area contributed by atoms with Crippen molar-refractivity contribution in [3.05, 3.63) is 30.6 Å². The molecule has 0 aliphatic heterocycles. The van der Waals surface area contributed by atoms with Gasteiger partial charge in [-0.1, -0.05) is 19.1 Å². The van der Waals surface area contributed by atoms with Crippen molar-refractivity contribution in [1.82, 2.24) is 9.97 Å². The number of hydrazine groups is 1. The van der Waals surface area contributed by atoms with Crippen molar-refractivity contribution in [3.8, 4) is 23.1 Å². The van der Waals surface area contributed by atoms with Gasteiger partial charge in [0.25, 0.3) is 5.88 Å². The van der Waals surface area contributed by atoms with Crippen LogP contribution in [0.4, 0.5) is 5.82 Å². The topological polar surface area (TPSA) is 91.5 Å². The molecule has 2 aromatic rings. The first kappa shape index (κ1) is 14.9. The summed E-state index contributed by atoms with van der Waals surface area (Å²) >= 11 is 0. The third-order valence-electron chi connectivity index (χ3n) is 2.63. The maximum Gasteiger partial charge on any atom is 0.268 e. The number of methoxy groups -OCH3 is 1. The molecule has 0 fully saturated rings. The lowest BCUT2D eigenvalue weighted by Gasteiger charge is -2.14. The standard InChI is InChI=1S/C14H18N4O3/c1-3-8-20-10-6-4-5-7-11(10)21-14-12(19-2)13(18-15)16-9-17-14/h4-7,9H,3,8,15H2,1-2H3,(H,16,17,18). The second-order valence-corrected chi connectivity index (χ2v) is 4.10. The highest BCUT2D eigenvalue weighted by molar-refractivity contribution is 5.55. The number of nitrogens with two attached hydrogens (primary N) is 1. The Bertz CT molecular complexity index is 592. The summed E-state index contributed by atoms with van der Waals surface area (Å²) in [6, 6.07) is 7.36. The number of nitrogens with zero attached hydrogens (tertiary/aromatic N) is 2. The fourth-order valence-corrected chi connectivity index (χ4v) is 1.69. The normalized spacial score (nSPS) is 10.0. The number of aromatic nitrogens is 2. The molecule has 0 saturated carbocycles. The Hall–Kier alpha value is -2.54. The summed E-state index contributed by atoms with van der Waals surface area (Å²) in [4.78, 5) is 8.02. The minimum absolute atomic E-state index is 0.257. The van der Waals surface area contributed by atoms with Crippen LogP contribution in [-0.4, -0.2) is 23.7 Å². The molecule has 0 radical (unpaired) electrons. The fourth-order valence-electron chi connectivity index (χ4n) is 1.69. The first-order valence-corrected chi connectivity index (χ1v) is 6.55. The van der Waals surface area contributed by atoms with Crippen LogP contribution in [0.15, 0.2) is 30.6 Å². The van der Waals surface area contributed by atoms with Crippen molar-refractivity contribution in [1.29, 1.82) is 0 Å². The number of rotatable bonds is 7. The van der Waals surface area contributed by atoms with Crippen LogP contribution in [0.25, 0.3) is 0 Å². The molecule has 0 atom stereocenters. The molecule has 0 amide bonds. The van der Waals surface area contributed by atoms with Gasteiger partial charge >= 0.3 is 0 Å². The van der Waals surface area contributed by atoms with E-state index in [4.69, 9.17) is 20.1 Å². The Labute approximate surface area is 123 Å². The van der Waals surface area contributed by atoms with E-state index in [-0.39, 0.29) is 5.88 Å². The van der Waals surface area contributed by atoms with E-state index in [9.17, 15) is 0 Å². The van der Waals surface area contributed by atoms with Crippen LogP contribution >= 0.6 is 0 Å². The molecule has 2 rings (SSSR count). The van der Waals surface area contributed by atoms with Gasteiger partial charge in [0.1, 0.15) is 6.33 Å². The molecule has 3 N–H and O–H groups in total. The first-order chi connectivity index (χ1) is 10.3. The van der Waals surface area contributed by atoms with Crippen molar-refractivity contribution in [2.24, 2.45) is 5.84 Å². The molecule has 7 heteroatoms. The van der Waals surface area contributed by atoms with Gasteiger partial charge in [-0.3, -0.25) is 0 Å². The SMILES string of the molecule is CCCOc1ccccc1Oc1ncnc(NN)c1OC. The Balaban J connectivity index is 2.30. The Morgan fingerprint density at radius 2 is 1.95 bits per heavy atom. The summed E-state index contributed by atoms with van der Waals surface area (Å²) in [5.74, 6) is 7.50. The Morgan fingerprint density at radius 3 is 2.62 bits per heavy atom. The van der Waals surface area contributed by atoms with Gasteiger partial charge in [0.05, 0.1) is 13.7 Å². The van der Waals surface area contributed by atoms with E-state index in [0.717, 1.165) is 6.42 Å². The van der Waals surface area contributed by atoms with Gasteiger partial charge in [-0.15, -0.1) is 0 Å². The number of hydrogen-bond donors (Lipinski definition) is 2. The predicted octanol–water partition coefficient (Wildman–Crippen LogP) is 2.35. The van der Waals surface area contributed by atoms with E-state index < -0.39 is 0 Å². The van der Waals surface area contributed by atoms with Crippen LogP contribution in [0.3, 0.4) is 0 Å². The molecular weight excluding hydrogens is 272 g/mol. The van der Waals surface area contributed by atoms with Gasteiger partial charge in [0, 0.05) is 0 Å². The van der Waals surface area contributed by atoms with E-state index in [1.54, 1.807) is 6.07 Å². The van der Waals surface area contributed by atoms with Gasteiger partial charge in [0.15, 0.2) is 17.3 Å². The average Bonchev–Trinajstić information content (AvgIpc) is 2.53. The number of nitrogens with one attached hydrogen (secondary N) is 1. The maximum atomic E-state index is 5.77. The summed E-state index contributed by atoms with van der Waals surface area (Å²) in [5.41, 5.74) is 2.43. The smallest absolute Gasteiger partial charge is 0.268 e. The molecule has 0 saturated heterocycles. The van der Waals surface area contributed by atoms with E-state index >= 15 is 0 Å². The summed E-state index contributed by atoms with van der Waals surface area (Å²) in [7, 11) is 1.49. The Morgan fingerprint density at radius 1 is 1.19 bits per heavy atom. The first-order valence-electron chi connectivity index (χ1n) is 6.55. The summed E-state index contributed by atoms with van der Waals surface area (Å²) in [5, 5.41) is 0. The molecule has 0 spiro atoms. The molecule has 1 aromatic heterocycles. The van der Waals surface area contributed by atoms with Crippen molar-refractivity contribution < 1.29 is 14.2 Å². The van der Waals surface area contributed by atoms with E-state index in [0.29, 0.717) is 29.7 Å². The monoisotopic (exact) mass is 290 g/mol. The highest BCUT2D eigenvalue weighted by Gasteiger charge is 2.15. The number of hydrogen-bond acceptors (Lipinski definition) is 7. The van der Waals surface area contributed by atoms with E-state index in [2.05, 4.69) is 15.4 Å². The third-order valence-corrected chi connectivity index (χ3v) is 2.63. The molecule has 0 aliphatic rings. The second-order valence-electron chi connectivity index (χ2n) is 4.10. The van der Waals surface area contributed by atoms with Gasteiger partial charge < -0.3 is 19.6 Å². The predicted molar refractivity (Wildman–Crippen MR) is 78.7 cm³/mol. The lowest BCUT2D eigenvalue weighted by atomic mass is 10.3. The summed E-state index contributed by atoms with van der Waals surface area (Å²) in [6.45, 7) is 2.65. The Kier molecular flexibility index (Phi) is 5.16. The zero-order valence-electron chi connectivity index (χ0n) is 12.0. The summed E-state index contributed by atoms with van der Waals surface area (Å²) < 4.78 is 16.6. The molecule has 21 heavy (non-hydrogen) atoms. The van der Waals surface area contributed by atoms with Crippen molar-refractivity contribution in [2.75, 3.05) is 19.1 Å². The molecule has 1 heterocycles. The van der Waals surface area contributed by atoms with Crippen LogP contribution in [0, 0.1) is 0 Å². The van der Waals surface area contributed by atoms with Gasteiger partial charge in [0.2, 0.25) is 5.75 Å². The molecule has 112 valence electrons. The van der Waals surface area contributed by atoms with Crippen LogP contribution < -0.4 is 25.5 Å². The van der Waals surface area contributed by atoms with Gasteiger partial charge in [-0.2, -0.15) is 4.98 Å². The molecule has 1 aromatic carbocycles. The quantitative estimate of drug-likeness (QED) is 0.597. The lowest BCUT2D eigenvalue weighted by molar-refractivity contribution is 0.297. The van der Waals surface area contributed by atoms with E-state index in [1.807, 2.05) is 25.1 Å². The van der Waals surface area contributed by atoms with Crippen LogP contribution in [0.5, 0.6) is 23.1 Å². The number of nitrogen functional groups attached to an aromatic ring is 1. The number of para-hydroxylation sites is 2. The number of ether oxygens (including phenoxy) is 3. The van der Waals surface area contributed by atoms with Crippen molar-refractivity contribution in [3.63, 3.8) is 0 Å². The molecule has 0 aliphatic carbocycles. The second kappa shape index (κ2) is 7.30. The van der Waals surface area contributed by atoms with Crippen molar-refractivity contribution >= 4 is 5.82 Å². The summed E-state index contributed by atoms with van der Waals surface area (Å²) in [6.07, 6.45) is 2.25. The van der Waals surface area contributed by atoms with Crippen LogP contribution in [0.2, 0.25) is 0 Å². The molecular formula is C14H18N4O3. The van der Waals surface area contributed by atoms with Crippen LogP contribution in [-0.2, 0) is 0 Å². The van der Waals surface area contributed by atoms with Crippen molar-refractivity contribution in [2.45, 2.75) is 13.3 Å². The largest absolute Gasteiger partial charge is 0.490 e. The highest BCUT2D eigenvalue weighted by atomic mass is 16.5. The van der Waals surface area contributed by atoms with Crippen LogP contribution in [0.1, 0.15) is 13.3 Å². The average molecular weight is 290 g/mol.